The topological polar surface area (TPSA) is 84.9 Å². The summed E-state index contributed by atoms with van der Waals surface area (Å²) in [5, 5.41) is 3.13. The van der Waals surface area contributed by atoms with Gasteiger partial charge in [0.05, 0.1) is 13.0 Å². The number of methoxy groups -OCH3 is 1. The van der Waals surface area contributed by atoms with Gasteiger partial charge in [0.2, 0.25) is 5.91 Å². The molecule has 3 aromatic rings. The monoisotopic (exact) mass is 610 g/mol. The number of amides is 2. The molecule has 1 fully saturated rings. The molecule has 0 bridgehead atoms. The summed E-state index contributed by atoms with van der Waals surface area (Å²) in [5.41, 5.74) is 0.268. The Morgan fingerprint density at radius 2 is 1.64 bits per heavy atom. The standard InChI is InChI=1S/C29H28F5N2O5P/c1-40-20-12-23(30)26(24(31)13-20)22-16-36(15-18-6-4-5-7-25(18)42(2,3)39)28(38)21(22)14-35-27(37)17-8-10-19(11-9-17)41-29(32,33)34/h4-13,21-22H,14-16H2,1-3H3,(H,35,37)/t21?,22-/m1/s1. The highest BCUT2D eigenvalue weighted by Gasteiger charge is 2.44. The Hall–Kier alpha value is -3.92. The van der Waals surface area contributed by atoms with E-state index in [0.717, 1.165) is 36.4 Å². The molecule has 0 spiro atoms. The van der Waals surface area contributed by atoms with E-state index in [1.54, 1.807) is 37.6 Å². The van der Waals surface area contributed by atoms with Gasteiger partial charge in [0.1, 0.15) is 30.3 Å². The Balaban J connectivity index is 1.60. The van der Waals surface area contributed by atoms with Crippen LogP contribution in [0.15, 0.2) is 60.7 Å². The number of nitrogens with zero attached hydrogens (tertiary/aromatic N) is 1. The first-order chi connectivity index (χ1) is 19.7. The molecule has 2 amide bonds. The van der Waals surface area contributed by atoms with Crippen molar-refractivity contribution in [2.75, 3.05) is 33.5 Å². The number of ether oxygens (including phenoxy) is 2. The maximum Gasteiger partial charge on any atom is 0.573 e. The number of hydrogen-bond donors (Lipinski definition) is 1. The van der Waals surface area contributed by atoms with Crippen LogP contribution in [0.25, 0.3) is 0 Å². The third-order valence-electron chi connectivity index (χ3n) is 6.96. The molecule has 42 heavy (non-hydrogen) atoms. The van der Waals surface area contributed by atoms with Crippen LogP contribution in [0.2, 0.25) is 0 Å². The van der Waals surface area contributed by atoms with E-state index in [-0.39, 0.29) is 36.5 Å². The first kappa shape index (κ1) is 31.0. The molecular weight excluding hydrogens is 582 g/mol. The SMILES string of the molecule is COc1cc(F)c([C@@H]2CN(Cc3ccccc3P(C)(C)=O)C(=O)C2CNC(=O)c2ccc(OC(F)(F)F)cc2)c(F)c1. The van der Waals surface area contributed by atoms with Gasteiger partial charge in [-0.3, -0.25) is 9.59 Å². The molecule has 0 aromatic heterocycles. The van der Waals surface area contributed by atoms with Crippen LogP contribution < -0.4 is 20.1 Å². The summed E-state index contributed by atoms with van der Waals surface area (Å²) < 4.78 is 89.3. The zero-order valence-electron chi connectivity index (χ0n) is 22.9. The Morgan fingerprint density at radius 1 is 1.02 bits per heavy atom. The molecule has 3 aromatic carbocycles. The first-order valence-electron chi connectivity index (χ1n) is 12.8. The molecule has 1 aliphatic rings. The summed E-state index contributed by atoms with van der Waals surface area (Å²) in [6, 6.07) is 13.1. The number of hydrogen-bond acceptors (Lipinski definition) is 5. The van der Waals surface area contributed by atoms with Crippen molar-refractivity contribution < 1.29 is 45.6 Å². The third kappa shape index (κ3) is 7.10. The highest BCUT2D eigenvalue weighted by atomic mass is 31.2. The highest BCUT2D eigenvalue weighted by Crippen LogP contribution is 2.40. The number of carbonyl (C=O) groups excluding carboxylic acids is 2. The number of likely N-dealkylation sites (tertiary alicyclic amines) is 1. The maximum atomic E-state index is 15.2. The minimum Gasteiger partial charge on any atom is -0.497 e. The normalized spacial score (nSPS) is 17.3. The summed E-state index contributed by atoms with van der Waals surface area (Å²) >= 11 is 0. The zero-order valence-corrected chi connectivity index (χ0v) is 23.8. The summed E-state index contributed by atoms with van der Waals surface area (Å²) in [7, 11) is -1.46. The largest absolute Gasteiger partial charge is 0.573 e. The van der Waals surface area contributed by atoms with Crippen LogP contribution >= 0.6 is 7.14 Å². The highest BCUT2D eigenvalue weighted by molar-refractivity contribution is 7.70. The molecule has 1 unspecified atom stereocenters. The molecule has 224 valence electrons. The van der Waals surface area contributed by atoms with Gasteiger partial charge in [-0.2, -0.15) is 0 Å². The molecule has 0 radical (unpaired) electrons. The molecule has 0 saturated carbocycles. The third-order valence-corrected chi connectivity index (χ3v) is 8.55. The van der Waals surface area contributed by atoms with E-state index in [1.807, 2.05) is 0 Å². The molecule has 1 N–H and O–H groups in total. The number of nitrogens with one attached hydrogen (secondary N) is 1. The summed E-state index contributed by atoms with van der Waals surface area (Å²) in [4.78, 5) is 27.8. The smallest absolute Gasteiger partial charge is 0.497 e. The molecule has 13 heteroatoms. The van der Waals surface area contributed by atoms with E-state index < -0.39 is 54.5 Å². The summed E-state index contributed by atoms with van der Waals surface area (Å²) in [5.74, 6) is -5.69. The quantitative estimate of drug-likeness (QED) is 0.263. The van der Waals surface area contributed by atoms with Gasteiger partial charge >= 0.3 is 6.36 Å². The minimum atomic E-state index is -4.90. The van der Waals surface area contributed by atoms with E-state index in [0.29, 0.717) is 10.9 Å². The number of rotatable bonds is 9. The molecule has 2 atom stereocenters. The maximum absolute atomic E-state index is 15.2. The van der Waals surface area contributed by atoms with Crippen molar-refractivity contribution in [2.24, 2.45) is 5.92 Å². The molecule has 4 rings (SSSR count). The number of alkyl halides is 3. The van der Waals surface area contributed by atoms with Gasteiger partial charge in [-0.05, 0) is 43.2 Å². The number of halogens is 5. The lowest BCUT2D eigenvalue weighted by molar-refractivity contribution is -0.274. The summed E-state index contributed by atoms with van der Waals surface area (Å²) in [6.45, 7) is 2.83. The van der Waals surface area contributed by atoms with Crippen LogP contribution in [0.3, 0.4) is 0 Å². The van der Waals surface area contributed by atoms with Crippen LogP contribution in [-0.2, 0) is 15.9 Å². The van der Waals surface area contributed by atoms with Crippen LogP contribution in [0.1, 0.15) is 27.4 Å². The molecule has 1 aliphatic heterocycles. The van der Waals surface area contributed by atoms with Crippen molar-refractivity contribution in [3.63, 3.8) is 0 Å². The Morgan fingerprint density at radius 3 is 2.21 bits per heavy atom. The predicted octanol–water partition coefficient (Wildman–Crippen LogP) is 5.29. The van der Waals surface area contributed by atoms with Crippen LogP contribution in [0.4, 0.5) is 22.0 Å². The second-order valence-electron chi connectivity index (χ2n) is 10.2. The van der Waals surface area contributed by atoms with Crippen molar-refractivity contribution in [3.05, 3.63) is 89.0 Å². The minimum absolute atomic E-state index is 0.0132. The van der Waals surface area contributed by atoms with Crippen molar-refractivity contribution in [1.82, 2.24) is 10.2 Å². The fourth-order valence-corrected chi connectivity index (χ4v) is 6.33. The van der Waals surface area contributed by atoms with Crippen molar-refractivity contribution >= 4 is 24.3 Å². The van der Waals surface area contributed by atoms with Gasteiger partial charge in [-0.1, -0.05) is 24.3 Å². The van der Waals surface area contributed by atoms with Crippen molar-refractivity contribution in [1.29, 1.82) is 0 Å². The predicted molar refractivity (Wildman–Crippen MR) is 146 cm³/mol. The van der Waals surface area contributed by atoms with E-state index in [4.69, 9.17) is 4.74 Å². The van der Waals surface area contributed by atoms with Crippen LogP contribution in [0, 0.1) is 17.6 Å². The fraction of sp³-hybridized carbons (Fsp3) is 0.310. The molecule has 1 heterocycles. The fourth-order valence-electron chi connectivity index (χ4n) is 5.05. The Labute approximate surface area is 239 Å². The first-order valence-corrected chi connectivity index (χ1v) is 15.4. The zero-order chi connectivity index (χ0) is 30.8. The molecule has 1 saturated heterocycles. The van der Waals surface area contributed by atoms with E-state index in [2.05, 4.69) is 10.1 Å². The van der Waals surface area contributed by atoms with Crippen molar-refractivity contribution in [3.8, 4) is 11.5 Å². The Bertz CT molecular complexity index is 1500. The van der Waals surface area contributed by atoms with Gasteiger partial charge in [-0.25, -0.2) is 8.78 Å². The van der Waals surface area contributed by atoms with E-state index in [1.165, 1.54) is 12.0 Å². The van der Waals surface area contributed by atoms with Crippen LogP contribution in [0.5, 0.6) is 11.5 Å². The molecular formula is C29H28F5N2O5P. The average molecular weight is 611 g/mol. The van der Waals surface area contributed by atoms with Gasteiger partial charge in [0.25, 0.3) is 5.91 Å². The van der Waals surface area contributed by atoms with Crippen molar-refractivity contribution in [2.45, 2.75) is 18.8 Å². The second kappa shape index (κ2) is 12.1. The van der Waals surface area contributed by atoms with Crippen LogP contribution in [-0.4, -0.2) is 56.6 Å². The number of carbonyl (C=O) groups is 2. The van der Waals surface area contributed by atoms with Gasteiger partial charge in [0, 0.05) is 54.1 Å². The summed E-state index contributed by atoms with van der Waals surface area (Å²) in [6.07, 6.45) is -4.90. The Kier molecular flexibility index (Phi) is 8.96. The average Bonchev–Trinajstić information content (AvgIpc) is 3.20. The lowest BCUT2D eigenvalue weighted by Crippen LogP contribution is -2.36. The lowest BCUT2D eigenvalue weighted by Gasteiger charge is -2.20. The van der Waals surface area contributed by atoms with E-state index >= 15 is 8.78 Å². The van der Waals surface area contributed by atoms with Gasteiger partial charge in [0.15, 0.2) is 0 Å². The second-order valence-corrected chi connectivity index (χ2v) is 13.4. The number of benzene rings is 3. The van der Waals surface area contributed by atoms with E-state index in [9.17, 15) is 27.3 Å². The van der Waals surface area contributed by atoms with Gasteiger partial charge in [-0.15, -0.1) is 13.2 Å². The lowest BCUT2D eigenvalue weighted by atomic mass is 9.87. The molecule has 0 aliphatic carbocycles. The van der Waals surface area contributed by atoms with Gasteiger partial charge < -0.3 is 24.3 Å². The molecule has 7 nitrogen and oxygen atoms in total.